The highest BCUT2D eigenvalue weighted by Gasteiger charge is 2.62. The second kappa shape index (κ2) is 14.1. The Hall–Kier alpha value is -2.64. The van der Waals surface area contributed by atoms with Gasteiger partial charge in [-0.25, -0.2) is 4.79 Å². The monoisotopic (exact) mass is 762 g/mol. The van der Waals surface area contributed by atoms with E-state index in [1.165, 1.54) is 21.9 Å². The van der Waals surface area contributed by atoms with Crippen LogP contribution < -0.4 is 11.2 Å². The zero-order valence-corrected chi connectivity index (χ0v) is 34.9. The predicted molar refractivity (Wildman–Crippen MR) is 207 cm³/mol. The van der Waals surface area contributed by atoms with Crippen molar-refractivity contribution in [2.45, 2.75) is 153 Å². The summed E-state index contributed by atoms with van der Waals surface area (Å²) in [4.78, 5) is 41.5. The summed E-state index contributed by atoms with van der Waals surface area (Å²) < 4.78 is 28.8. The van der Waals surface area contributed by atoms with Gasteiger partial charge >= 0.3 is 22.8 Å². The Morgan fingerprint density at radius 2 is 1.62 bits per heavy atom. The fourth-order valence-electron chi connectivity index (χ4n) is 10.7. The number of H-pyrrole nitrogens is 1. The third-order valence-corrected chi connectivity index (χ3v) is 23.9. The molecule has 53 heavy (non-hydrogen) atoms. The van der Waals surface area contributed by atoms with Crippen LogP contribution in [-0.2, 0) is 28.9 Å². The maximum Gasteiger partial charge on any atom is 0.335 e. The van der Waals surface area contributed by atoms with Crippen LogP contribution in [0.4, 0.5) is 0 Å². The molecule has 10 nitrogen and oxygen atoms in total. The van der Waals surface area contributed by atoms with Crippen molar-refractivity contribution in [2.24, 2.45) is 17.3 Å². The smallest absolute Gasteiger partial charge is 0.335 e. The van der Waals surface area contributed by atoms with Crippen molar-refractivity contribution in [3.8, 4) is 11.8 Å². The largest absolute Gasteiger partial charge is 0.414 e. The van der Waals surface area contributed by atoms with Gasteiger partial charge in [-0.05, 0) is 95.3 Å². The molecule has 3 aliphatic carbocycles. The highest BCUT2D eigenvalue weighted by atomic mass is 28.5. The summed E-state index contributed by atoms with van der Waals surface area (Å²) in [7, 11) is -5.87. The summed E-state index contributed by atoms with van der Waals surface area (Å²) in [6.45, 7) is 19.4. The fraction of sp³-hybridized carbons (Fsp3) is 0.683. The molecule has 0 bridgehead atoms. The van der Waals surface area contributed by atoms with Crippen LogP contribution in [-0.4, -0.2) is 62.5 Å². The van der Waals surface area contributed by atoms with Crippen LogP contribution >= 0.6 is 0 Å². The number of ether oxygens (including phenoxy) is 1. The van der Waals surface area contributed by atoms with Gasteiger partial charge in [0.15, 0.2) is 6.23 Å². The van der Waals surface area contributed by atoms with Gasteiger partial charge in [0, 0.05) is 23.6 Å². The number of aliphatic hydroxyl groups is 1. The maximum atomic E-state index is 13.3. The second-order valence-corrected chi connectivity index (χ2v) is 26.7. The molecule has 5 aliphatic rings. The standard InChI is InChI=1S/C41H58N2O8Si2/c1-23(2)52(24(3)4)48-22-34-37(50-53(51-52,25(5)6)26(7)8)36(45)39(49-34)43-21-29(38(46)42-40(43)47)12-10-27-11-14-30-28(20-27)13-15-32-31(30)18-19-41(9)33(32)16-17-35(41)44/h11,14,20-21,23-26,31-34,36-37,39,45H,13,15-19,22H2,1-9H3,(H,42,46,47)/t31?,32?,33?,34-,36?,37?,39-,41+/m1/s1. The van der Waals surface area contributed by atoms with E-state index in [-0.39, 0.29) is 39.8 Å². The molecule has 7 rings (SSSR count). The fourth-order valence-corrected chi connectivity index (χ4v) is 21.9. The predicted octanol–water partition coefficient (Wildman–Crippen LogP) is 6.58. The number of carbonyl (C=O) groups excluding carboxylic acids is 1. The van der Waals surface area contributed by atoms with Crippen molar-refractivity contribution in [3.63, 3.8) is 0 Å². The number of aryl methyl sites for hydroxylation is 1. The SMILES string of the molecule is CC(C)[Si]1(C(C)C)OC[C@H]2O[C@@H](n3cc(C#Cc4ccc5c(c4)CCC4C5CC[C@]5(C)C(=O)CCC45)c(=O)[nH]c3=O)C(O)C2O[Si](C(C)C)(C(C)C)O1. The van der Waals surface area contributed by atoms with E-state index in [2.05, 4.69) is 91.3 Å². The van der Waals surface area contributed by atoms with Crippen LogP contribution in [0, 0.1) is 29.1 Å². The number of Topliss-reactive ketones (excluding diaryl/α,β-unsaturated/α-hetero) is 1. The number of carbonyl (C=O) groups is 1. The first kappa shape index (κ1) is 38.6. The molecule has 8 atom stereocenters. The Morgan fingerprint density at radius 3 is 2.30 bits per heavy atom. The number of rotatable bonds is 5. The molecule has 4 fully saturated rings. The lowest BCUT2D eigenvalue weighted by atomic mass is 9.55. The lowest BCUT2D eigenvalue weighted by Crippen LogP contribution is -2.65. The molecule has 0 radical (unpaired) electrons. The van der Waals surface area contributed by atoms with Gasteiger partial charge in [0.2, 0.25) is 0 Å². The van der Waals surface area contributed by atoms with Crippen LogP contribution in [0.25, 0.3) is 0 Å². The number of hydrogen-bond acceptors (Lipinski definition) is 8. The third kappa shape index (κ3) is 6.32. The normalized spacial score (nSPS) is 33.2. The van der Waals surface area contributed by atoms with Gasteiger partial charge in [-0.15, -0.1) is 0 Å². The number of ketones is 1. The van der Waals surface area contributed by atoms with Crippen molar-refractivity contribution in [3.05, 3.63) is 67.5 Å². The topological polar surface area (TPSA) is 129 Å². The molecular formula is C41H58N2O8Si2. The van der Waals surface area contributed by atoms with E-state index in [0.717, 1.165) is 44.1 Å². The number of benzene rings is 1. The molecule has 288 valence electrons. The molecular weight excluding hydrogens is 705 g/mol. The quantitative estimate of drug-likeness (QED) is 0.259. The van der Waals surface area contributed by atoms with Crippen LogP contribution in [0.3, 0.4) is 0 Å². The Balaban J connectivity index is 1.16. The highest BCUT2D eigenvalue weighted by molar-refractivity contribution is 6.84. The third-order valence-electron chi connectivity index (χ3n) is 13.7. The summed E-state index contributed by atoms with van der Waals surface area (Å²) in [5, 5.41) is 11.8. The second-order valence-electron chi connectivity index (χ2n) is 17.8. The Labute approximate surface area is 315 Å². The van der Waals surface area contributed by atoms with E-state index in [1.807, 2.05) is 6.07 Å². The molecule has 1 aromatic heterocycles. The Kier molecular flexibility index (Phi) is 10.3. The van der Waals surface area contributed by atoms with Crippen molar-refractivity contribution in [1.29, 1.82) is 0 Å². The number of aliphatic hydroxyl groups excluding tert-OH is 1. The molecule has 1 aromatic carbocycles. The molecule has 2 N–H and O–H groups in total. The molecule has 0 amide bonds. The van der Waals surface area contributed by atoms with Gasteiger partial charge in [-0.2, -0.15) is 0 Å². The van der Waals surface area contributed by atoms with Crippen molar-refractivity contribution in [1.82, 2.24) is 9.55 Å². The van der Waals surface area contributed by atoms with Crippen LogP contribution in [0.5, 0.6) is 0 Å². The summed E-state index contributed by atoms with van der Waals surface area (Å²) in [5.41, 5.74) is 2.51. The van der Waals surface area contributed by atoms with Gasteiger partial charge in [0.05, 0.1) is 6.61 Å². The van der Waals surface area contributed by atoms with E-state index in [1.54, 1.807) is 0 Å². The van der Waals surface area contributed by atoms with E-state index in [0.29, 0.717) is 23.5 Å². The summed E-state index contributed by atoms with van der Waals surface area (Å²) >= 11 is 0. The lowest BCUT2D eigenvalue weighted by Gasteiger charge is -2.51. The van der Waals surface area contributed by atoms with Crippen molar-refractivity contribution in [2.75, 3.05) is 6.61 Å². The zero-order valence-electron chi connectivity index (χ0n) is 32.9. The molecule has 12 heteroatoms. The minimum atomic E-state index is -3.04. The zero-order chi connectivity index (χ0) is 38.2. The van der Waals surface area contributed by atoms with Gasteiger partial charge in [0.25, 0.3) is 5.56 Å². The minimum Gasteiger partial charge on any atom is -0.414 e. The molecule has 5 unspecified atom stereocenters. The maximum absolute atomic E-state index is 13.3. The van der Waals surface area contributed by atoms with E-state index >= 15 is 0 Å². The molecule has 2 aliphatic heterocycles. The van der Waals surface area contributed by atoms with E-state index in [9.17, 15) is 19.5 Å². The molecule has 0 spiro atoms. The van der Waals surface area contributed by atoms with Crippen molar-refractivity contribution < 1.29 is 27.6 Å². The number of nitrogens with zero attached hydrogens (tertiary/aromatic N) is 1. The molecule has 2 saturated heterocycles. The average Bonchev–Trinajstić information content (AvgIpc) is 3.57. The Morgan fingerprint density at radius 1 is 0.925 bits per heavy atom. The summed E-state index contributed by atoms with van der Waals surface area (Å²) in [5.74, 6) is 8.12. The number of aromatic amines is 1. The lowest BCUT2D eigenvalue weighted by molar-refractivity contribution is -0.129. The number of hydrogen-bond donors (Lipinski definition) is 2. The van der Waals surface area contributed by atoms with Crippen LogP contribution in [0.15, 0.2) is 34.0 Å². The van der Waals surface area contributed by atoms with Gasteiger partial charge in [0.1, 0.15) is 29.7 Å². The first-order chi connectivity index (χ1) is 25.0. The van der Waals surface area contributed by atoms with Crippen molar-refractivity contribution >= 4 is 22.9 Å². The number of fused-ring (bicyclic) bond motifs is 6. The summed E-state index contributed by atoms with van der Waals surface area (Å²) in [6.07, 6.45) is 3.36. The molecule has 2 saturated carbocycles. The number of aromatic nitrogens is 2. The van der Waals surface area contributed by atoms with Crippen LogP contribution in [0.1, 0.15) is 129 Å². The van der Waals surface area contributed by atoms with Gasteiger partial charge in [-0.1, -0.05) is 80.2 Å². The van der Waals surface area contributed by atoms with E-state index in [4.69, 9.17) is 17.7 Å². The van der Waals surface area contributed by atoms with E-state index < -0.39 is 52.9 Å². The van der Waals surface area contributed by atoms with Gasteiger partial charge in [-0.3, -0.25) is 19.1 Å². The first-order valence-corrected chi connectivity index (χ1v) is 23.9. The first-order valence-electron chi connectivity index (χ1n) is 19.9. The molecule has 2 aromatic rings. The highest BCUT2D eigenvalue weighted by Crippen LogP contribution is 2.59. The molecule has 3 heterocycles. The van der Waals surface area contributed by atoms with Gasteiger partial charge < -0.3 is 22.8 Å². The number of nitrogens with one attached hydrogen (secondary N) is 1. The van der Waals surface area contributed by atoms with Crippen LogP contribution in [0.2, 0.25) is 22.2 Å². The average molecular weight is 763 g/mol. The minimum absolute atomic E-state index is 0.0552. The Bertz CT molecular complexity index is 1910. The summed E-state index contributed by atoms with van der Waals surface area (Å²) in [6, 6.07) is 6.34.